The molecule has 12 heteroatoms. The molecule has 0 spiro atoms. The summed E-state index contributed by atoms with van der Waals surface area (Å²) in [6, 6.07) is -1.19. The van der Waals surface area contributed by atoms with Gasteiger partial charge in [-0.15, -0.1) is 0 Å². The summed E-state index contributed by atoms with van der Waals surface area (Å²) in [5, 5.41) is 70.1. The molecule has 152 valence electrons. The summed E-state index contributed by atoms with van der Waals surface area (Å²) in [5.41, 5.74) is 0. The van der Waals surface area contributed by atoms with Crippen LogP contribution >= 0.6 is 0 Å². The molecule has 0 saturated carbocycles. The molecule has 1 amide bonds. The van der Waals surface area contributed by atoms with Gasteiger partial charge in [-0.3, -0.25) is 4.79 Å². The smallest absolute Gasteiger partial charge is 0.217 e. The van der Waals surface area contributed by atoms with Crippen LogP contribution in [-0.2, 0) is 19.0 Å². The van der Waals surface area contributed by atoms with Crippen LogP contribution < -0.4 is 5.32 Å². The molecule has 2 aliphatic rings. The molecule has 0 aromatic rings. The first-order valence-electron chi connectivity index (χ1n) is 8.06. The molecule has 2 saturated heterocycles. The molecule has 2 heterocycles. The summed E-state index contributed by atoms with van der Waals surface area (Å²) in [6.45, 7) is 0.0944. The minimum absolute atomic E-state index is 0.455. The van der Waals surface area contributed by atoms with Gasteiger partial charge in [0.05, 0.1) is 13.2 Å². The van der Waals surface area contributed by atoms with Gasteiger partial charge in [-0.25, -0.2) is 0 Å². The van der Waals surface area contributed by atoms with E-state index in [-0.39, 0.29) is 0 Å². The van der Waals surface area contributed by atoms with E-state index in [4.69, 9.17) is 14.2 Å². The van der Waals surface area contributed by atoms with E-state index in [1.807, 2.05) is 0 Å². The Hall–Kier alpha value is -0.930. The van der Waals surface area contributed by atoms with Crippen molar-refractivity contribution >= 4 is 5.91 Å². The molecule has 12 nitrogen and oxygen atoms in total. The number of aliphatic hydroxyl groups is 7. The summed E-state index contributed by atoms with van der Waals surface area (Å²) < 4.78 is 15.7. The average molecular weight is 383 g/mol. The molecule has 0 aromatic carbocycles. The molecule has 0 aromatic heterocycles. The quantitative estimate of drug-likeness (QED) is 0.226. The van der Waals surface area contributed by atoms with Crippen LogP contribution in [-0.4, -0.2) is 116 Å². The zero-order valence-electron chi connectivity index (χ0n) is 14.0. The van der Waals surface area contributed by atoms with Crippen LogP contribution in [0.2, 0.25) is 0 Å². The number of carbonyl (C=O) groups excluding carboxylic acids is 1. The van der Waals surface area contributed by atoms with E-state index in [1.54, 1.807) is 0 Å². The van der Waals surface area contributed by atoms with Crippen molar-refractivity contribution in [3.05, 3.63) is 0 Å². The third kappa shape index (κ3) is 4.48. The van der Waals surface area contributed by atoms with Gasteiger partial charge in [0.1, 0.15) is 48.8 Å². The number of nitrogens with one attached hydrogen (secondary N) is 1. The maximum Gasteiger partial charge on any atom is 0.217 e. The van der Waals surface area contributed by atoms with E-state index >= 15 is 0 Å². The topological polar surface area (TPSA) is 198 Å². The van der Waals surface area contributed by atoms with Gasteiger partial charge < -0.3 is 55.3 Å². The number of hydrogen-bond donors (Lipinski definition) is 8. The first-order valence-corrected chi connectivity index (χ1v) is 8.06. The Bertz CT molecular complexity index is 480. The predicted molar refractivity (Wildman–Crippen MR) is 80.2 cm³/mol. The fourth-order valence-corrected chi connectivity index (χ4v) is 2.87. The van der Waals surface area contributed by atoms with Gasteiger partial charge in [0, 0.05) is 6.92 Å². The number of aliphatic hydroxyl groups excluding tert-OH is 7. The Labute approximate surface area is 148 Å². The van der Waals surface area contributed by atoms with Gasteiger partial charge in [0.25, 0.3) is 0 Å². The molecule has 8 N–H and O–H groups in total. The van der Waals surface area contributed by atoms with Crippen molar-refractivity contribution in [2.24, 2.45) is 0 Å². The van der Waals surface area contributed by atoms with E-state index < -0.39 is 80.5 Å². The Morgan fingerprint density at radius 3 is 2.12 bits per heavy atom. The maximum absolute atomic E-state index is 11.3. The van der Waals surface area contributed by atoms with Crippen LogP contribution in [0.4, 0.5) is 0 Å². The first kappa shape index (κ1) is 21.4. The zero-order valence-corrected chi connectivity index (χ0v) is 14.0. The summed E-state index contributed by atoms with van der Waals surface area (Å²) in [6.07, 6.45) is -13.5. The highest BCUT2D eigenvalue weighted by Crippen LogP contribution is 2.25. The highest BCUT2D eigenvalue weighted by Gasteiger charge is 2.47. The average Bonchev–Trinajstić information content (AvgIpc) is 2.60. The Balaban J connectivity index is 2.05. The van der Waals surface area contributed by atoms with Crippen LogP contribution in [0, 0.1) is 0 Å². The summed E-state index contributed by atoms with van der Waals surface area (Å²) in [5.74, 6) is -0.538. The van der Waals surface area contributed by atoms with Crippen LogP contribution in [0.25, 0.3) is 0 Å². The highest BCUT2D eigenvalue weighted by molar-refractivity contribution is 5.73. The number of ether oxygens (including phenoxy) is 3. The van der Waals surface area contributed by atoms with E-state index in [2.05, 4.69) is 5.32 Å². The largest absolute Gasteiger partial charge is 0.394 e. The fraction of sp³-hybridized carbons (Fsp3) is 0.929. The lowest BCUT2D eigenvalue weighted by atomic mass is 9.96. The monoisotopic (exact) mass is 383 g/mol. The normalized spacial score (nSPS) is 46.8. The molecule has 0 aliphatic carbocycles. The Morgan fingerprint density at radius 2 is 1.54 bits per heavy atom. The third-order valence-corrected chi connectivity index (χ3v) is 4.36. The van der Waals surface area contributed by atoms with Gasteiger partial charge in [-0.1, -0.05) is 0 Å². The van der Waals surface area contributed by atoms with Gasteiger partial charge in [0.15, 0.2) is 12.6 Å². The van der Waals surface area contributed by atoms with Crippen molar-refractivity contribution in [1.82, 2.24) is 5.32 Å². The maximum atomic E-state index is 11.3. The second-order valence-electron chi connectivity index (χ2n) is 6.30. The number of carbonyl (C=O) groups is 1. The SMILES string of the molecule is CC(=O)N[C@@H]1[C@H](OC[C@@H]2O[C@H](O)[C@@H](O)[C@H](O)[C@H]2O)O[C@H](CO)[C@H](O)[C@@H]1O. The zero-order chi connectivity index (χ0) is 19.6. The molecule has 0 unspecified atom stereocenters. The van der Waals surface area contributed by atoms with E-state index in [0.717, 1.165) is 0 Å². The van der Waals surface area contributed by atoms with Crippen molar-refractivity contribution in [3.8, 4) is 0 Å². The van der Waals surface area contributed by atoms with Crippen molar-refractivity contribution in [3.63, 3.8) is 0 Å². The molecular formula is C14H25NO11. The second-order valence-corrected chi connectivity index (χ2v) is 6.30. The molecule has 10 atom stereocenters. The van der Waals surface area contributed by atoms with Crippen molar-refractivity contribution in [1.29, 1.82) is 0 Å². The van der Waals surface area contributed by atoms with Crippen LogP contribution in [0.5, 0.6) is 0 Å². The number of rotatable bonds is 5. The molecule has 0 bridgehead atoms. The van der Waals surface area contributed by atoms with Gasteiger partial charge in [-0.05, 0) is 0 Å². The minimum atomic E-state index is -1.75. The first-order chi connectivity index (χ1) is 12.2. The number of hydrogen-bond acceptors (Lipinski definition) is 11. The van der Waals surface area contributed by atoms with Gasteiger partial charge >= 0.3 is 0 Å². The molecular weight excluding hydrogens is 358 g/mol. The molecule has 0 radical (unpaired) electrons. The van der Waals surface area contributed by atoms with Gasteiger partial charge in [0.2, 0.25) is 5.91 Å². The van der Waals surface area contributed by atoms with Crippen LogP contribution in [0.3, 0.4) is 0 Å². The molecule has 2 fully saturated rings. The molecule has 2 rings (SSSR count). The van der Waals surface area contributed by atoms with E-state index in [9.17, 15) is 40.5 Å². The van der Waals surface area contributed by atoms with Crippen LogP contribution in [0.15, 0.2) is 0 Å². The lowest BCUT2D eigenvalue weighted by Gasteiger charge is -2.43. The van der Waals surface area contributed by atoms with Crippen LogP contribution in [0.1, 0.15) is 6.92 Å². The standard InChI is InChI=1S/C14H25NO11/c1-4(17)15-7-10(20)8(18)5(2-16)26-14(7)24-3-6-9(19)11(21)12(22)13(23)25-6/h5-14,16,18-23H,2-3H2,1H3,(H,15,17)/t5-,6+,7+,8+,9+,10-,11-,12+,13+,14-/m1/s1. The molecule has 2 aliphatic heterocycles. The lowest BCUT2D eigenvalue weighted by molar-refractivity contribution is -0.311. The van der Waals surface area contributed by atoms with Gasteiger partial charge in [-0.2, -0.15) is 0 Å². The summed E-state index contributed by atoms with van der Waals surface area (Å²) >= 11 is 0. The third-order valence-electron chi connectivity index (χ3n) is 4.36. The van der Waals surface area contributed by atoms with Crippen molar-refractivity contribution in [2.75, 3.05) is 13.2 Å². The van der Waals surface area contributed by atoms with Crippen molar-refractivity contribution in [2.45, 2.75) is 68.3 Å². The summed E-state index contributed by atoms with van der Waals surface area (Å²) in [7, 11) is 0. The Kier molecular flexibility index (Phi) is 7.27. The van der Waals surface area contributed by atoms with E-state index in [1.165, 1.54) is 6.92 Å². The van der Waals surface area contributed by atoms with E-state index in [0.29, 0.717) is 0 Å². The molecule has 26 heavy (non-hydrogen) atoms. The second kappa shape index (κ2) is 8.84. The summed E-state index contributed by atoms with van der Waals surface area (Å²) in [4.78, 5) is 11.3. The number of amides is 1. The minimum Gasteiger partial charge on any atom is -0.394 e. The van der Waals surface area contributed by atoms with Crippen molar-refractivity contribution < 1.29 is 54.8 Å². The Morgan fingerprint density at radius 1 is 0.923 bits per heavy atom. The fourth-order valence-electron chi connectivity index (χ4n) is 2.87. The highest BCUT2D eigenvalue weighted by atomic mass is 16.7. The predicted octanol–water partition coefficient (Wildman–Crippen LogP) is -5.25. The lowest BCUT2D eigenvalue weighted by Crippen LogP contribution is -2.65.